The van der Waals surface area contributed by atoms with E-state index in [4.69, 9.17) is 0 Å². The van der Waals surface area contributed by atoms with Gasteiger partial charge in [-0.25, -0.2) is 4.98 Å². The van der Waals surface area contributed by atoms with Gasteiger partial charge in [-0.15, -0.1) is 0 Å². The lowest BCUT2D eigenvalue weighted by Crippen LogP contribution is -2.49. The molecule has 1 aliphatic rings. The minimum absolute atomic E-state index is 0.104. The van der Waals surface area contributed by atoms with E-state index in [1.165, 1.54) is 6.92 Å². The lowest BCUT2D eigenvalue weighted by Gasteiger charge is -2.35. The summed E-state index contributed by atoms with van der Waals surface area (Å²) in [5.41, 5.74) is 1.62. The molecule has 7 nitrogen and oxygen atoms in total. The minimum Gasteiger partial charge on any atom is -0.384 e. The Morgan fingerprint density at radius 1 is 1.04 bits per heavy atom. The van der Waals surface area contributed by atoms with Gasteiger partial charge in [0, 0.05) is 63.6 Å². The Labute approximate surface area is 159 Å². The fourth-order valence-corrected chi connectivity index (χ4v) is 3.11. The van der Waals surface area contributed by atoms with Crippen molar-refractivity contribution >= 4 is 29.0 Å². The molecule has 142 valence electrons. The summed E-state index contributed by atoms with van der Waals surface area (Å²) in [6.45, 7) is 5.07. The molecule has 0 atom stereocenters. The smallest absolute Gasteiger partial charge is 0.224 e. The Kier molecular flexibility index (Phi) is 6.25. The lowest BCUT2D eigenvalue weighted by atomic mass is 10.2. The van der Waals surface area contributed by atoms with Crippen LogP contribution in [0.2, 0.25) is 0 Å². The molecule has 1 aromatic heterocycles. The molecule has 1 fully saturated rings. The van der Waals surface area contributed by atoms with Crippen LogP contribution in [0.3, 0.4) is 0 Å². The van der Waals surface area contributed by atoms with Gasteiger partial charge in [-0.2, -0.15) is 0 Å². The zero-order valence-electron chi connectivity index (χ0n) is 15.5. The van der Waals surface area contributed by atoms with Crippen LogP contribution in [-0.2, 0) is 9.59 Å². The van der Waals surface area contributed by atoms with Crippen LogP contribution in [-0.4, -0.2) is 54.4 Å². The highest BCUT2D eigenvalue weighted by Gasteiger charge is 2.21. The number of amides is 2. The van der Waals surface area contributed by atoms with E-state index < -0.39 is 0 Å². The van der Waals surface area contributed by atoms with Crippen molar-refractivity contribution in [1.29, 1.82) is 0 Å². The highest BCUT2D eigenvalue weighted by molar-refractivity contribution is 5.89. The monoisotopic (exact) mass is 367 g/mol. The first-order chi connectivity index (χ1) is 13.1. The number of carbonyl (C=O) groups excluding carboxylic acids is 2. The van der Waals surface area contributed by atoms with Gasteiger partial charge in [0.25, 0.3) is 0 Å². The molecule has 1 aromatic carbocycles. The molecule has 2 heterocycles. The average molecular weight is 367 g/mol. The molecule has 1 saturated heterocycles. The third-order valence-electron chi connectivity index (χ3n) is 4.46. The molecule has 1 aliphatic heterocycles. The van der Waals surface area contributed by atoms with Gasteiger partial charge < -0.3 is 20.4 Å². The number of benzene rings is 1. The topological polar surface area (TPSA) is 77.6 Å². The highest BCUT2D eigenvalue weighted by Crippen LogP contribution is 2.16. The van der Waals surface area contributed by atoms with Crippen molar-refractivity contribution < 1.29 is 9.59 Å². The second kappa shape index (κ2) is 9.02. The number of piperazine rings is 1. The van der Waals surface area contributed by atoms with Crippen molar-refractivity contribution in [3.8, 4) is 0 Å². The molecule has 0 spiro atoms. The molecule has 27 heavy (non-hydrogen) atoms. The maximum Gasteiger partial charge on any atom is 0.224 e. The molecule has 2 aromatic rings. The van der Waals surface area contributed by atoms with Crippen LogP contribution < -0.4 is 15.5 Å². The van der Waals surface area contributed by atoms with Crippen LogP contribution in [0, 0.1) is 0 Å². The van der Waals surface area contributed by atoms with Crippen LogP contribution in [0.15, 0.2) is 48.7 Å². The standard InChI is InChI=1S/C20H25N5O2/c1-16(26)23-18-6-4-5-17(15-18)21-10-8-20(27)25-13-11-24(12-14-25)19-7-2-3-9-22-19/h2-7,9,15,21H,8,10-14H2,1H3,(H,23,26). The van der Waals surface area contributed by atoms with Crippen molar-refractivity contribution in [2.75, 3.05) is 48.3 Å². The summed E-state index contributed by atoms with van der Waals surface area (Å²) in [4.78, 5) is 32.0. The molecule has 0 unspecified atom stereocenters. The molecule has 0 aliphatic carbocycles. The number of pyridine rings is 1. The summed E-state index contributed by atoms with van der Waals surface area (Å²) < 4.78 is 0. The lowest BCUT2D eigenvalue weighted by molar-refractivity contribution is -0.131. The fourth-order valence-electron chi connectivity index (χ4n) is 3.11. The Morgan fingerprint density at radius 3 is 2.52 bits per heavy atom. The van der Waals surface area contributed by atoms with Gasteiger partial charge in [0.1, 0.15) is 5.82 Å². The third-order valence-corrected chi connectivity index (χ3v) is 4.46. The summed E-state index contributed by atoms with van der Waals surface area (Å²) in [6.07, 6.45) is 2.23. The van der Waals surface area contributed by atoms with Crippen molar-refractivity contribution in [3.63, 3.8) is 0 Å². The summed E-state index contributed by atoms with van der Waals surface area (Å²) >= 11 is 0. The van der Waals surface area contributed by atoms with E-state index >= 15 is 0 Å². The van der Waals surface area contributed by atoms with Gasteiger partial charge in [-0.3, -0.25) is 9.59 Å². The van der Waals surface area contributed by atoms with Gasteiger partial charge in [-0.05, 0) is 30.3 Å². The first kappa shape index (κ1) is 18.7. The number of nitrogens with one attached hydrogen (secondary N) is 2. The second-order valence-electron chi connectivity index (χ2n) is 6.49. The van der Waals surface area contributed by atoms with E-state index in [9.17, 15) is 9.59 Å². The SMILES string of the molecule is CC(=O)Nc1cccc(NCCC(=O)N2CCN(c3ccccn3)CC2)c1. The van der Waals surface area contributed by atoms with E-state index in [1.54, 1.807) is 6.20 Å². The van der Waals surface area contributed by atoms with Crippen LogP contribution in [0.4, 0.5) is 17.2 Å². The fraction of sp³-hybridized carbons (Fsp3) is 0.350. The maximum absolute atomic E-state index is 12.4. The molecule has 2 N–H and O–H groups in total. The van der Waals surface area contributed by atoms with Crippen LogP contribution in [0.1, 0.15) is 13.3 Å². The van der Waals surface area contributed by atoms with Crippen LogP contribution in [0.25, 0.3) is 0 Å². The molecule has 0 bridgehead atoms. The molecule has 0 radical (unpaired) electrons. The molecule has 3 rings (SSSR count). The van der Waals surface area contributed by atoms with Crippen molar-refractivity contribution in [1.82, 2.24) is 9.88 Å². The van der Waals surface area contributed by atoms with E-state index in [0.29, 0.717) is 26.1 Å². The highest BCUT2D eigenvalue weighted by atomic mass is 16.2. The average Bonchev–Trinajstić information content (AvgIpc) is 2.68. The van der Waals surface area contributed by atoms with E-state index in [1.807, 2.05) is 47.4 Å². The number of anilines is 3. The van der Waals surface area contributed by atoms with Crippen LogP contribution >= 0.6 is 0 Å². The number of hydrogen-bond donors (Lipinski definition) is 2. The van der Waals surface area contributed by atoms with Gasteiger partial charge in [0.05, 0.1) is 0 Å². The normalized spacial score (nSPS) is 14.0. The summed E-state index contributed by atoms with van der Waals surface area (Å²) in [6, 6.07) is 13.4. The predicted molar refractivity (Wildman–Crippen MR) is 107 cm³/mol. The second-order valence-corrected chi connectivity index (χ2v) is 6.49. The van der Waals surface area contributed by atoms with Gasteiger partial charge in [0.15, 0.2) is 0 Å². The van der Waals surface area contributed by atoms with Crippen molar-refractivity contribution in [2.24, 2.45) is 0 Å². The van der Waals surface area contributed by atoms with E-state index in [0.717, 1.165) is 30.3 Å². The molecule has 0 saturated carbocycles. The van der Waals surface area contributed by atoms with Gasteiger partial charge in [0.2, 0.25) is 11.8 Å². The first-order valence-corrected chi connectivity index (χ1v) is 9.17. The quantitative estimate of drug-likeness (QED) is 0.818. The Hall–Kier alpha value is -3.09. The van der Waals surface area contributed by atoms with E-state index in [-0.39, 0.29) is 11.8 Å². The predicted octanol–water partition coefficient (Wildman–Crippen LogP) is 2.19. The molecular weight excluding hydrogens is 342 g/mol. The van der Waals surface area contributed by atoms with Crippen LogP contribution in [0.5, 0.6) is 0 Å². The van der Waals surface area contributed by atoms with Crippen molar-refractivity contribution in [2.45, 2.75) is 13.3 Å². The minimum atomic E-state index is -0.104. The molecular formula is C20H25N5O2. The summed E-state index contributed by atoms with van der Waals surface area (Å²) in [5, 5.41) is 5.99. The number of aromatic nitrogens is 1. The largest absolute Gasteiger partial charge is 0.384 e. The van der Waals surface area contributed by atoms with Gasteiger partial charge in [-0.1, -0.05) is 12.1 Å². The number of carbonyl (C=O) groups is 2. The maximum atomic E-state index is 12.4. The number of nitrogens with zero attached hydrogens (tertiary/aromatic N) is 3. The molecule has 7 heteroatoms. The number of rotatable bonds is 6. The summed E-state index contributed by atoms with van der Waals surface area (Å²) in [7, 11) is 0. The summed E-state index contributed by atoms with van der Waals surface area (Å²) in [5.74, 6) is 1.01. The Morgan fingerprint density at radius 2 is 1.81 bits per heavy atom. The van der Waals surface area contributed by atoms with E-state index in [2.05, 4.69) is 20.5 Å². The van der Waals surface area contributed by atoms with Crippen molar-refractivity contribution in [3.05, 3.63) is 48.7 Å². The van der Waals surface area contributed by atoms with Gasteiger partial charge >= 0.3 is 0 Å². The molecule has 2 amide bonds. The Bertz CT molecular complexity index is 773. The third kappa shape index (κ3) is 5.44. The number of hydrogen-bond acceptors (Lipinski definition) is 5. The Balaban J connectivity index is 1.42. The first-order valence-electron chi connectivity index (χ1n) is 9.17. The zero-order chi connectivity index (χ0) is 19.1. The zero-order valence-corrected chi connectivity index (χ0v) is 15.5.